The number of rotatable bonds is 2. The van der Waals surface area contributed by atoms with Crippen LogP contribution in [0.4, 0.5) is 0 Å². The van der Waals surface area contributed by atoms with Gasteiger partial charge in [0.05, 0.1) is 12.2 Å². The molecule has 1 spiro atoms. The van der Waals surface area contributed by atoms with Crippen molar-refractivity contribution in [2.75, 3.05) is 0 Å². The fourth-order valence-electron chi connectivity index (χ4n) is 8.06. The van der Waals surface area contributed by atoms with Gasteiger partial charge >= 0.3 is 11.9 Å². The van der Waals surface area contributed by atoms with Crippen LogP contribution in [0, 0.1) is 34.0 Å². The minimum Gasteiger partial charge on any atom is -0.462 e. The normalized spacial score (nSPS) is 49.1. The van der Waals surface area contributed by atoms with Crippen LogP contribution >= 0.6 is 0 Å². The summed E-state index contributed by atoms with van der Waals surface area (Å²) in [6.45, 7) is 12.0. The Bertz CT molecular complexity index is 879. The van der Waals surface area contributed by atoms with Crippen molar-refractivity contribution in [3.05, 3.63) is 12.2 Å². The van der Waals surface area contributed by atoms with Crippen molar-refractivity contribution < 1.29 is 39.2 Å². The van der Waals surface area contributed by atoms with Crippen LogP contribution in [0.1, 0.15) is 53.9 Å². The number of Topliss-reactive ketones (excluding diaryl/α,β-unsaturated/α-hetero) is 1. The molecule has 0 radical (unpaired) electrons. The number of ketones is 1. The molecule has 3 N–H and O–H groups in total. The molecule has 0 amide bonds. The maximum absolute atomic E-state index is 13.8. The highest BCUT2D eigenvalue weighted by Gasteiger charge is 2.78. The van der Waals surface area contributed by atoms with E-state index in [4.69, 9.17) is 9.47 Å². The van der Waals surface area contributed by atoms with Gasteiger partial charge in [-0.3, -0.25) is 14.4 Å². The van der Waals surface area contributed by atoms with Crippen LogP contribution in [0.15, 0.2) is 12.2 Å². The molecule has 4 aliphatic carbocycles. The lowest BCUT2D eigenvalue weighted by atomic mass is 9.38. The van der Waals surface area contributed by atoms with Gasteiger partial charge in [0.15, 0.2) is 5.78 Å². The van der Waals surface area contributed by atoms with Crippen LogP contribution in [-0.4, -0.2) is 63.6 Å². The third-order valence-corrected chi connectivity index (χ3v) is 9.17. The fourth-order valence-corrected chi connectivity index (χ4v) is 8.06. The molecule has 4 fully saturated rings. The predicted octanol–water partition coefficient (Wildman–Crippen LogP) is 1.15. The van der Waals surface area contributed by atoms with Crippen molar-refractivity contribution in [2.24, 2.45) is 34.0 Å². The van der Waals surface area contributed by atoms with Gasteiger partial charge in [0, 0.05) is 48.3 Å². The first-order valence-corrected chi connectivity index (χ1v) is 11.3. The van der Waals surface area contributed by atoms with Gasteiger partial charge in [-0.1, -0.05) is 27.4 Å². The van der Waals surface area contributed by atoms with Gasteiger partial charge in [-0.25, -0.2) is 0 Å². The lowest BCUT2D eigenvalue weighted by Crippen LogP contribution is -2.75. The molecule has 0 aromatic rings. The standard InChI is InChI=1S/C24H34O8/c1-10-13-7-14(31-11(2)25)18-23(6)16(32-12(3)26)8-15(27)22(4,5)19(23)17(28)21(30)24(18,9-13)20(10)29/h13-16,18-21,27,29-30H,1,7-9H2,2-6H3. The molecule has 10 atom stereocenters. The number of aliphatic hydroxyl groups is 3. The van der Waals surface area contributed by atoms with Crippen LogP contribution in [0.3, 0.4) is 0 Å². The number of aliphatic hydroxyl groups excluding tert-OH is 3. The lowest BCUT2D eigenvalue weighted by Gasteiger charge is -2.67. The average molecular weight is 451 g/mol. The predicted molar refractivity (Wildman–Crippen MR) is 112 cm³/mol. The molecule has 4 rings (SSSR count). The molecule has 0 heterocycles. The van der Waals surface area contributed by atoms with Crippen LogP contribution in [0.5, 0.6) is 0 Å². The van der Waals surface area contributed by atoms with Crippen LogP contribution in [0.25, 0.3) is 0 Å². The molecular formula is C24H34O8. The number of fused-ring (bicyclic) bond motifs is 3. The first-order chi connectivity index (χ1) is 14.7. The van der Waals surface area contributed by atoms with Crippen molar-refractivity contribution in [1.82, 2.24) is 0 Å². The highest BCUT2D eigenvalue weighted by Crippen LogP contribution is 2.71. The average Bonchev–Trinajstić information content (AvgIpc) is 2.85. The molecule has 4 saturated carbocycles. The summed E-state index contributed by atoms with van der Waals surface area (Å²) in [5, 5.41) is 33.7. The summed E-state index contributed by atoms with van der Waals surface area (Å²) >= 11 is 0. The van der Waals surface area contributed by atoms with Crippen molar-refractivity contribution >= 4 is 17.7 Å². The second-order valence-corrected chi connectivity index (χ2v) is 11.1. The summed E-state index contributed by atoms with van der Waals surface area (Å²) in [5.74, 6) is -3.31. The van der Waals surface area contributed by atoms with Crippen molar-refractivity contribution in [1.29, 1.82) is 0 Å². The largest absolute Gasteiger partial charge is 0.462 e. The number of carbonyl (C=O) groups excluding carboxylic acids is 3. The van der Waals surface area contributed by atoms with E-state index >= 15 is 0 Å². The van der Waals surface area contributed by atoms with E-state index in [2.05, 4.69) is 6.58 Å². The first kappa shape index (κ1) is 23.4. The Labute approximate surface area is 188 Å². The maximum Gasteiger partial charge on any atom is 0.302 e. The van der Waals surface area contributed by atoms with E-state index in [1.165, 1.54) is 13.8 Å². The summed E-state index contributed by atoms with van der Waals surface area (Å²) in [7, 11) is 0. The molecule has 0 saturated heterocycles. The Morgan fingerprint density at radius 1 is 1.00 bits per heavy atom. The molecule has 0 aromatic heterocycles. The smallest absolute Gasteiger partial charge is 0.302 e. The number of ether oxygens (including phenoxy) is 2. The molecule has 0 aliphatic heterocycles. The van der Waals surface area contributed by atoms with Gasteiger partial charge in [-0.15, -0.1) is 0 Å². The van der Waals surface area contributed by atoms with E-state index < -0.39 is 76.3 Å². The second-order valence-electron chi connectivity index (χ2n) is 11.1. The number of hydrogen-bond acceptors (Lipinski definition) is 8. The summed E-state index contributed by atoms with van der Waals surface area (Å²) in [5.41, 5.74) is -2.82. The molecule has 8 heteroatoms. The number of esters is 2. The van der Waals surface area contributed by atoms with Crippen molar-refractivity contribution in [3.63, 3.8) is 0 Å². The van der Waals surface area contributed by atoms with E-state index in [0.717, 1.165) is 0 Å². The quantitative estimate of drug-likeness (QED) is 0.422. The van der Waals surface area contributed by atoms with E-state index in [9.17, 15) is 29.7 Å². The van der Waals surface area contributed by atoms with E-state index in [1.807, 2.05) is 6.92 Å². The molecule has 2 bridgehead atoms. The van der Waals surface area contributed by atoms with E-state index in [-0.39, 0.29) is 12.3 Å². The molecule has 10 unspecified atom stereocenters. The fraction of sp³-hybridized carbons (Fsp3) is 0.792. The van der Waals surface area contributed by atoms with Gasteiger partial charge < -0.3 is 24.8 Å². The summed E-state index contributed by atoms with van der Waals surface area (Å²) < 4.78 is 11.5. The first-order valence-electron chi connectivity index (χ1n) is 11.3. The highest BCUT2D eigenvalue weighted by atomic mass is 16.6. The second kappa shape index (κ2) is 7.11. The Balaban J connectivity index is 1.99. The number of carbonyl (C=O) groups is 3. The van der Waals surface area contributed by atoms with Gasteiger partial charge in [0.25, 0.3) is 0 Å². The molecule has 8 nitrogen and oxygen atoms in total. The topological polar surface area (TPSA) is 130 Å². The zero-order valence-electron chi connectivity index (χ0n) is 19.3. The molecule has 32 heavy (non-hydrogen) atoms. The summed E-state index contributed by atoms with van der Waals surface area (Å²) in [6.07, 6.45) is -4.38. The minimum atomic E-state index is -1.52. The van der Waals surface area contributed by atoms with Gasteiger partial charge in [0.1, 0.15) is 18.3 Å². The molecule has 0 aromatic carbocycles. The van der Waals surface area contributed by atoms with E-state index in [0.29, 0.717) is 18.4 Å². The minimum absolute atomic E-state index is 0.1000. The maximum atomic E-state index is 13.8. The zero-order valence-corrected chi connectivity index (χ0v) is 19.3. The molecular weight excluding hydrogens is 416 g/mol. The zero-order chi connectivity index (χ0) is 24.0. The van der Waals surface area contributed by atoms with Gasteiger partial charge in [-0.05, 0) is 24.3 Å². The third kappa shape index (κ3) is 2.75. The monoisotopic (exact) mass is 450 g/mol. The van der Waals surface area contributed by atoms with E-state index in [1.54, 1.807) is 13.8 Å². The van der Waals surface area contributed by atoms with Crippen molar-refractivity contribution in [2.45, 2.75) is 84.4 Å². The SMILES string of the molecule is C=C1C2CC(OC(C)=O)C3C4(C)C(OC(C)=O)CC(O)C(C)(C)C4C(=O)C(O)C3(C2)C1O. The summed E-state index contributed by atoms with van der Waals surface area (Å²) in [4.78, 5) is 37.9. The Morgan fingerprint density at radius 3 is 2.16 bits per heavy atom. The molecule has 4 aliphatic rings. The Morgan fingerprint density at radius 2 is 1.59 bits per heavy atom. The van der Waals surface area contributed by atoms with Gasteiger partial charge in [-0.2, -0.15) is 0 Å². The van der Waals surface area contributed by atoms with Crippen LogP contribution in [0.2, 0.25) is 0 Å². The Kier molecular flexibility index (Phi) is 5.20. The van der Waals surface area contributed by atoms with Gasteiger partial charge in [0.2, 0.25) is 0 Å². The molecule has 178 valence electrons. The summed E-state index contributed by atoms with van der Waals surface area (Å²) in [6, 6.07) is 0. The van der Waals surface area contributed by atoms with Crippen LogP contribution in [-0.2, 0) is 23.9 Å². The lowest BCUT2D eigenvalue weighted by molar-refractivity contribution is -0.274. The van der Waals surface area contributed by atoms with Crippen molar-refractivity contribution in [3.8, 4) is 0 Å². The third-order valence-electron chi connectivity index (χ3n) is 9.17. The number of hydrogen-bond donors (Lipinski definition) is 3. The Hall–Kier alpha value is -1.77. The van der Waals surface area contributed by atoms with Crippen LogP contribution < -0.4 is 0 Å². The highest BCUT2D eigenvalue weighted by molar-refractivity contribution is 5.90.